The van der Waals surface area contributed by atoms with Crippen molar-refractivity contribution in [1.29, 1.82) is 0 Å². The molecule has 0 aliphatic rings. The first-order valence-corrected chi connectivity index (χ1v) is 6.57. The summed E-state index contributed by atoms with van der Waals surface area (Å²) in [4.78, 5) is 2.07. The first-order chi connectivity index (χ1) is 9.66. The van der Waals surface area contributed by atoms with Crippen LogP contribution in [0, 0.1) is 0 Å². The highest BCUT2D eigenvalue weighted by Gasteiger charge is 1.95. The number of benzene rings is 2. The summed E-state index contributed by atoms with van der Waals surface area (Å²) in [5, 5.41) is 8.36. The van der Waals surface area contributed by atoms with E-state index in [0.29, 0.717) is 0 Å². The molecule has 0 atom stereocenters. The van der Waals surface area contributed by atoms with Gasteiger partial charge in [-0.3, -0.25) is 0 Å². The standard InChI is InChI=1S/C17H19N3/c1-14(16-7-5-4-6-8-16)19-18-13-15-9-11-17(12-10-15)20(2)3/h4-13H,1-3H3/b18-13+,19-14-. The molecular weight excluding hydrogens is 246 g/mol. The molecule has 0 aliphatic carbocycles. The van der Waals surface area contributed by atoms with E-state index in [1.807, 2.05) is 63.5 Å². The molecule has 0 N–H and O–H groups in total. The summed E-state index contributed by atoms with van der Waals surface area (Å²) >= 11 is 0. The van der Waals surface area contributed by atoms with Crippen molar-refractivity contribution in [2.45, 2.75) is 6.92 Å². The van der Waals surface area contributed by atoms with Gasteiger partial charge in [-0.2, -0.15) is 10.2 Å². The number of hydrogen-bond acceptors (Lipinski definition) is 3. The van der Waals surface area contributed by atoms with E-state index in [4.69, 9.17) is 0 Å². The smallest absolute Gasteiger partial charge is 0.0671 e. The summed E-state index contributed by atoms with van der Waals surface area (Å²) in [6, 6.07) is 18.2. The third kappa shape index (κ3) is 3.79. The van der Waals surface area contributed by atoms with Crippen molar-refractivity contribution in [3.05, 3.63) is 65.7 Å². The molecule has 0 radical (unpaired) electrons. The molecule has 2 aromatic rings. The minimum Gasteiger partial charge on any atom is -0.378 e. The third-order valence-corrected chi connectivity index (χ3v) is 3.02. The van der Waals surface area contributed by atoms with Gasteiger partial charge in [0.05, 0.1) is 11.9 Å². The maximum Gasteiger partial charge on any atom is 0.0671 e. The van der Waals surface area contributed by atoms with Crippen molar-refractivity contribution in [2.75, 3.05) is 19.0 Å². The van der Waals surface area contributed by atoms with Crippen molar-refractivity contribution in [2.24, 2.45) is 10.2 Å². The van der Waals surface area contributed by atoms with Crippen LogP contribution in [0.2, 0.25) is 0 Å². The number of hydrogen-bond donors (Lipinski definition) is 0. The summed E-state index contributed by atoms with van der Waals surface area (Å²) in [5.41, 5.74) is 4.21. The number of rotatable bonds is 4. The Labute approximate surface area is 120 Å². The molecule has 0 fully saturated rings. The van der Waals surface area contributed by atoms with Crippen LogP contribution in [0.5, 0.6) is 0 Å². The van der Waals surface area contributed by atoms with Gasteiger partial charge in [-0.1, -0.05) is 42.5 Å². The molecule has 2 aromatic carbocycles. The summed E-state index contributed by atoms with van der Waals surface area (Å²) in [7, 11) is 4.05. The highest BCUT2D eigenvalue weighted by molar-refractivity contribution is 5.98. The maximum absolute atomic E-state index is 4.22. The quantitative estimate of drug-likeness (QED) is 0.613. The van der Waals surface area contributed by atoms with Crippen LogP contribution in [-0.4, -0.2) is 26.0 Å². The Morgan fingerprint density at radius 3 is 2.20 bits per heavy atom. The minimum absolute atomic E-state index is 0.909. The van der Waals surface area contributed by atoms with Gasteiger partial charge in [-0.15, -0.1) is 0 Å². The normalized spacial score (nSPS) is 11.8. The maximum atomic E-state index is 4.22. The van der Waals surface area contributed by atoms with E-state index in [0.717, 1.165) is 16.8 Å². The van der Waals surface area contributed by atoms with Gasteiger partial charge >= 0.3 is 0 Å². The van der Waals surface area contributed by atoms with Gasteiger partial charge in [0.1, 0.15) is 0 Å². The molecule has 3 heteroatoms. The highest BCUT2D eigenvalue weighted by atomic mass is 15.2. The Balaban J connectivity index is 2.06. The Bertz CT molecular complexity index is 596. The molecular formula is C17H19N3. The summed E-state index contributed by atoms with van der Waals surface area (Å²) in [5.74, 6) is 0. The lowest BCUT2D eigenvalue weighted by molar-refractivity contribution is 1.13. The molecule has 0 aliphatic heterocycles. The van der Waals surface area contributed by atoms with Gasteiger partial charge in [0, 0.05) is 19.8 Å². The second kappa shape index (κ2) is 6.66. The molecule has 20 heavy (non-hydrogen) atoms. The van der Waals surface area contributed by atoms with Crippen LogP contribution >= 0.6 is 0 Å². The molecule has 0 unspecified atom stereocenters. The van der Waals surface area contributed by atoms with Crippen molar-refractivity contribution in [3.8, 4) is 0 Å². The largest absolute Gasteiger partial charge is 0.378 e. The molecule has 0 amide bonds. The van der Waals surface area contributed by atoms with Crippen molar-refractivity contribution in [1.82, 2.24) is 0 Å². The van der Waals surface area contributed by atoms with Crippen LogP contribution in [0.25, 0.3) is 0 Å². The highest BCUT2D eigenvalue weighted by Crippen LogP contribution is 2.11. The first-order valence-electron chi connectivity index (χ1n) is 6.57. The second-order valence-corrected chi connectivity index (χ2v) is 4.78. The average molecular weight is 265 g/mol. The Hall–Kier alpha value is -2.42. The second-order valence-electron chi connectivity index (χ2n) is 4.78. The lowest BCUT2D eigenvalue weighted by atomic mass is 10.1. The van der Waals surface area contributed by atoms with E-state index in [9.17, 15) is 0 Å². The molecule has 0 heterocycles. The monoisotopic (exact) mass is 265 g/mol. The lowest BCUT2D eigenvalue weighted by Crippen LogP contribution is -2.08. The fourth-order valence-electron chi connectivity index (χ4n) is 1.78. The van der Waals surface area contributed by atoms with Crippen LogP contribution in [-0.2, 0) is 0 Å². The predicted molar refractivity (Wildman–Crippen MR) is 87.0 cm³/mol. The van der Waals surface area contributed by atoms with E-state index >= 15 is 0 Å². The van der Waals surface area contributed by atoms with Crippen LogP contribution < -0.4 is 4.90 Å². The van der Waals surface area contributed by atoms with Crippen LogP contribution in [0.15, 0.2) is 64.8 Å². The van der Waals surface area contributed by atoms with Gasteiger partial charge in [-0.25, -0.2) is 0 Å². The van der Waals surface area contributed by atoms with E-state index in [1.165, 1.54) is 5.69 Å². The molecule has 102 valence electrons. The zero-order chi connectivity index (χ0) is 14.4. The Kier molecular flexibility index (Phi) is 4.66. The first kappa shape index (κ1) is 14.0. The minimum atomic E-state index is 0.909. The molecule has 0 spiro atoms. The predicted octanol–water partition coefficient (Wildman–Crippen LogP) is 3.60. The lowest BCUT2D eigenvalue weighted by Gasteiger charge is -2.11. The van der Waals surface area contributed by atoms with E-state index < -0.39 is 0 Å². The van der Waals surface area contributed by atoms with Gasteiger partial charge in [0.25, 0.3) is 0 Å². The average Bonchev–Trinajstić information content (AvgIpc) is 2.48. The van der Waals surface area contributed by atoms with Crippen LogP contribution in [0.4, 0.5) is 5.69 Å². The van der Waals surface area contributed by atoms with Crippen LogP contribution in [0.3, 0.4) is 0 Å². The molecule has 0 saturated heterocycles. The number of nitrogens with zero attached hydrogens (tertiary/aromatic N) is 3. The molecule has 0 bridgehead atoms. The summed E-state index contributed by atoms with van der Waals surface area (Å²) in [6.45, 7) is 1.96. The van der Waals surface area contributed by atoms with Gasteiger partial charge in [0.2, 0.25) is 0 Å². The third-order valence-electron chi connectivity index (χ3n) is 3.02. The van der Waals surface area contributed by atoms with Crippen LogP contribution in [0.1, 0.15) is 18.1 Å². The molecule has 0 aromatic heterocycles. The Morgan fingerprint density at radius 1 is 0.950 bits per heavy atom. The molecule has 2 rings (SSSR count). The Morgan fingerprint density at radius 2 is 1.60 bits per heavy atom. The molecule has 3 nitrogen and oxygen atoms in total. The zero-order valence-electron chi connectivity index (χ0n) is 12.1. The van der Waals surface area contributed by atoms with E-state index in [1.54, 1.807) is 6.21 Å². The number of anilines is 1. The molecule has 0 saturated carbocycles. The van der Waals surface area contributed by atoms with E-state index in [-0.39, 0.29) is 0 Å². The van der Waals surface area contributed by atoms with E-state index in [2.05, 4.69) is 27.2 Å². The fraction of sp³-hybridized carbons (Fsp3) is 0.176. The zero-order valence-corrected chi connectivity index (χ0v) is 12.1. The van der Waals surface area contributed by atoms with Crippen molar-refractivity contribution < 1.29 is 0 Å². The van der Waals surface area contributed by atoms with Crippen molar-refractivity contribution in [3.63, 3.8) is 0 Å². The topological polar surface area (TPSA) is 28.0 Å². The summed E-state index contributed by atoms with van der Waals surface area (Å²) < 4.78 is 0. The fourth-order valence-corrected chi connectivity index (χ4v) is 1.78. The summed E-state index contributed by atoms with van der Waals surface area (Å²) in [6.07, 6.45) is 1.77. The SMILES string of the molecule is C/C(=N/N=C/c1ccc(N(C)C)cc1)c1ccccc1. The van der Waals surface area contributed by atoms with Gasteiger partial charge < -0.3 is 4.90 Å². The van der Waals surface area contributed by atoms with Crippen molar-refractivity contribution >= 4 is 17.6 Å². The van der Waals surface area contributed by atoms with Gasteiger partial charge in [-0.05, 0) is 30.2 Å². The van der Waals surface area contributed by atoms with Gasteiger partial charge in [0.15, 0.2) is 0 Å².